The predicted octanol–water partition coefficient (Wildman–Crippen LogP) is -0.0462. The average Bonchev–Trinajstić information content (AvgIpc) is 2.81. The largest absolute Gasteiger partial charge is 0.394 e. The quantitative estimate of drug-likeness (QED) is 0.750. The molecular formula is C10H17N3O3S. The maximum absolute atomic E-state index is 11.9. The first-order chi connectivity index (χ1) is 7.95. The number of aliphatic hydroxyl groups excluding tert-OH is 1. The van der Waals surface area contributed by atoms with Gasteiger partial charge in [0.2, 0.25) is 10.0 Å². The van der Waals surface area contributed by atoms with Crippen molar-refractivity contribution in [2.75, 3.05) is 13.2 Å². The van der Waals surface area contributed by atoms with Crippen molar-refractivity contribution in [3.8, 4) is 0 Å². The Kier molecular flexibility index (Phi) is 3.24. The van der Waals surface area contributed by atoms with Crippen LogP contribution in [0.5, 0.6) is 0 Å². The van der Waals surface area contributed by atoms with E-state index in [9.17, 15) is 8.42 Å². The van der Waals surface area contributed by atoms with E-state index in [2.05, 4.69) is 16.7 Å². The summed E-state index contributed by atoms with van der Waals surface area (Å²) in [4.78, 5) is 0.148. The lowest BCUT2D eigenvalue weighted by atomic mass is 10.2. The number of nitrogens with one attached hydrogen (secondary N) is 1. The van der Waals surface area contributed by atoms with Gasteiger partial charge < -0.3 is 5.11 Å². The third-order valence-corrected chi connectivity index (χ3v) is 4.40. The average molecular weight is 259 g/mol. The minimum absolute atomic E-state index is 0.0628. The zero-order valence-corrected chi connectivity index (χ0v) is 10.6. The van der Waals surface area contributed by atoms with Crippen molar-refractivity contribution in [3.05, 3.63) is 12.4 Å². The number of sulfonamides is 1. The predicted molar refractivity (Wildman–Crippen MR) is 61.8 cm³/mol. The van der Waals surface area contributed by atoms with Crippen molar-refractivity contribution < 1.29 is 13.5 Å². The molecule has 0 spiro atoms. The van der Waals surface area contributed by atoms with Gasteiger partial charge in [0, 0.05) is 12.7 Å². The molecule has 1 saturated carbocycles. The Labute approximate surface area is 101 Å². The first kappa shape index (κ1) is 12.5. The molecule has 1 aliphatic rings. The van der Waals surface area contributed by atoms with Gasteiger partial charge in [0.25, 0.3) is 0 Å². The second kappa shape index (κ2) is 4.40. The topological polar surface area (TPSA) is 84.2 Å². The Morgan fingerprint density at radius 3 is 2.88 bits per heavy atom. The number of rotatable bonds is 6. The second-order valence-corrected chi connectivity index (χ2v) is 6.56. The van der Waals surface area contributed by atoms with E-state index in [1.807, 2.05) is 0 Å². The van der Waals surface area contributed by atoms with Gasteiger partial charge in [-0.1, -0.05) is 6.92 Å². The zero-order chi connectivity index (χ0) is 12.5. The van der Waals surface area contributed by atoms with Gasteiger partial charge in [-0.25, -0.2) is 13.1 Å². The van der Waals surface area contributed by atoms with Crippen molar-refractivity contribution in [2.24, 2.45) is 5.41 Å². The number of aromatic nitrogens is 2. The highest BCUT2D eigenvalue weighted by Gasteiger charge is 2.38. The molecule has 0 radical (unpaired) electrons. The van der Waals surface area contributed by atoms with Crippen molar-refractivity contribution in [2.45, 2.75) is 31.2 Å². The molecule has 17 heavy (non-hydrogen) atoms. The van der Waals surface area contributed by atoms with Gasteiger partial charge >= 0.3 is 0 Å². The van der Waals surface area contributed by atoms with Crippen LogP contribution in [-0.4, -0.2) is 36.5 Å². The van der Waals surface area contributed by atoms with Crippen LogP contribution in [0.4, 0.5) is 0 Å². The number of aliphatic hydroxyl groups is 1. The van der Waals surface area contributed by atoms with Crippen molar-refractivity contribution in [3.63, 3.8) is 0 Å². The van der Waals surface area contributed by atoms with Gasteiger partial charge in [-0.2, -0.15) is 5.10 Å². The number of hydrogen-bond acceptors (Lipinski definition) is 4. The summed E-state index contributed by atoms with van der Waals surface area (Å²) < 4.78 is 27.8. The first-order valence-electron chi connectivity index (χ1n) is 5.58. The molecule has 6 nitrogen and oxygen atoms in total. The second-order valence-electron chi connectivity index (χ2n) is 4.80. The molecule has 0 saturated heterocycles. The highest BCUT2D eigenvalue weighted by molar-refractivity contribution is 7.89. The SMILES string of the molecule is CC1(CNS(=O)(=O)c2cnn(CCO)c2)CC1. The molecule has 2 rings (SSSR count). The molecule has 0 unspecified atom stereocenters. The van der Waals surface area contributed by atoms with Crippen LogP contribution in [0.25, 0.3) is 0 Å². The summed E-state index contributed by atoms with van der Waals surface area (Å²) in [6.45, 7) is 2.77. The van der Waals surface area contributed by atoms with E-state index in [1.165, 1.54) is 17.1 Å². The third-order valence-electron chi connectivity index (χ3n) is 3.04. The highest BCUT2D eigenvalue weighted by Crippen LogP contribution is 2.44. The van der Waals surface area contributed by atoms with E-state index in [1.54, 1.807) is 0 Å². The lowest BCUT2D eigenvalue weighted by molar-refractivity contribution is 0.269. The lowest BCUT2D eigenvalue weighted by Crippen LogP contribution is -2.28. The van der Waals surface area contributed by atoms with Crippen LogP contribution in [0.15, 0.2) is 17.3 Å². The fraction of sp³-hybridized carbons (Fsp3) is 0.700. The lowest BCUT2D eigenvalue weighted by Gasteiger charge is -2.09. The maximum atomic E-state index is 11.9. The molecule has 0 bridgehead atoms. The van der Waals surface area contributed by atoms with E-state index in [0.29, 0.717) is 13.1 Å². The van der Waals surface area contributed by atoms with Gasteiger partial charge in [0.05, 0.1) is 19.3 Å². The minimum atomic E-state index is -3.47. The molecule has 0 amide bonds. The van der Waals surface area contributed by atoms with E-state index >= 15 is 0 Å². The summed E-state index contributed by atoms with van der Waals surface area (Å²) in [6, 6.07) is 0. The molecule has 96 valence electrons. The fourth-order valence-corrected chi connectivity index (χ4v) is 2.60. The van der Waals surface area contributed by atoms with Crippen molar-refractivity contribution in [1.29, 1.82) is 0 Å². The summed E-state index contributed by atoms with van der Waals surface area (Å²) in [5.41, 5.74) is 0.133. The van der Waals surface area contributed by atoms with Crippen LogP contribution in [0.3, 0.4) is 0 Å². The Morgan fingerprint density at radius 2 is 2.29 bits per heavy atom. The van der Waals surface area contributed by atoms with Crippen LogP contribution >= 0.6 is 0 Å². The fourth-order valence-electron chi connectivity index (χ4n) is 1.45. The molecule has 7 heteroatoms. The van der Waals surface area contributed by atoms with Crippen LogP contribution < -0.4 is 4.72 Å². The summed E-state index contributed by atoms with van der Waals surface area (Å²) >= 11 is 0. The summed E-state index contributed by atoms with van der Waals surface area (Å²) in [5, 5.41) is 12.6. The third kappa shape index (κ3) is 3.05. The van der Waals surface area contributed by atoms with Crippen molar-refractivity contribution in [1.82, 2.24) is 14.5 Å². The van der Waals surface area contributed by atoms with Gasteiger partial charge in [-0.3, -0.25) is 4.68 Å². The van der Waals surface area contributed by atoms with Crippen molar-refractivity contribution >= 4 is 10.0 Å². The van der Waals surface area contributed by atoms with Gasteiger partial charge in [0.1, 0.15) is 4.90 Å². The standard InChI is InChI=1S/C10H17N3O3S/c1-10(2-3-10)8-12-17(15,16)9-6-11-13(7-9)4-5-14/h6-7,12,14H,2-5,8H2,1H3. The van der Waals surface area contributed by atoms with Gasteiger partial charge in [-0.05, 0) is 18.3 Å². The van der Waals surface area contributed by atoms with E-state index in [4.69, 9.17) is 5.11 Å². The Balaban J connectivity index is 2.02. The van der Waals surface area contributed by atoms with Crippen LogP contribution in [-0.2, 0) is 16.6 Å². The zero-order valence-electron chi connectivity index (χ0n) is 9.76. The Hall–Kier alpha value is -0.920. The minimum Gasteiger partial charge on any atom is -0.394 e. The molecule has 0 atom stereocenters. The molecular weight excluding hydrogens is 242 g/mol. The molecule has 1 aliphatic carbocycles. The van der Waals surface area contributed by atoms with E-state index < -0.39 is 10.0 Å². The molecule has 1 aromatic rings. The normalized spacial score (nSPS) is 18.2. The van der Waals surface area contributed by atoms with Crippen LogP contribution in [0, 0.1) is 5.41 Å². The highest BCUT2D eigenvalue weighted by atomic mass is 32.2. The smallest absolute Gasteiger partial charge is 0.243 e. The Morgan fingerprint density at radius 1 is 1.59 bits per heavy atom. The number of nitrogens with zero attached hydrogens (tertiary/aromatic N) is 2. The maximum Gasteiger partial charge on any atom is 0.243 e. The van der Waals surface area contributed by atoms with Crippen LogP contribution in [0.1, 0.15) is 19.8 Å². The molecule has 1 fully saturated rings. The Bertz CT molecular complexity index is 491. The summed E-state index contributed by atoms with van der Waals surface area (Å²) in [7, 11) is -3.47. The molecule has 0 aliphatic heterocycles. The monoisotopic (exact) mass is 259 g/mol. The number of hydrogen-bond donors (Lipinski definition) is 2. The van der Waals surface area contributed by atoms with Gasteiger partial charge in [0.15, 0.2) is 0 Å². The first-order valence-corrected chi connectivity index (χ1v) is 7.07. The summed E-state index contributed by atoms with van der Waals surface area (Å²) in [5.74, 6) is 0. The van der Waals surface area contributed by atoms with E-state index in [-0.39, 0.29) is 16.9 Å². The molecule has 1 heterocycles. The molecule has 1 aromatic heterocycles. The summed E-state index contributed by atoms with van der Waals surface area (Å²) in [6.07, 6.45) is 4.86. The van der Waals surface area contributed by atoms with Gasteiger partial charge in [-0.15, -0.1) is 0 Å². The van der Waals surface area contributed by atoms with Crippen LogP contribution in [0.2, 0.25) is 0 Å². The molecule has 0 aromatic carbocycles. The van der Waals surface area contributed by atoms with E-state index in [0.717, 1.165) is 12.8 Å². The molecule has 2 N–H and O–H groups in total.